The van der Waals surface area contributed by atoms with E-state index in [1.54, 1.807) is 24.3 Å². The topological polar surface area (TPSA) is 79.5 Å². The van der Waals surface area contributed by atoms with Crippen molar-refractivity contribution in [2.24, 2.45) is 0 Å². The van der Waals surface area contributed by atoms with Gasteiger partial charge in [0.05, 0.1) is 12.5 Å². The van der Waals surface area contributed by atoms with E-state index in [1.807, 2.05) is 30.3 Å². The van der Waals surface area contributed by atoms with Crippen LogP contribution in [0.4, 0.5) is 5.69 Å². The maximum atomic E-state index is 12.4. The molecule has 2 amide bonds. The lowest BCUT2D eigenvalue weighted by Gasteiger charge is -2.40. The summed E-state index contributed by atoms with van der Waals surface area (Å²) >= 11 is 0. The van der Waals surface area contributed by atoms with Gasteiger partial charge < -0.3 is 20.7 Å². The molecule has 2 aromatic rings. The SMILES string of the molecule is O=C(C[C@H]1N[C@H]2CCCC[C@@H]2NC1=O)Nc1ccc(Oc2ccccc2)cc1. The number of piperazine rings is 1. The maximum Gasteiger partial charge on any atom is 0.237 e. The molecule has 2 aliphatic rings. The average molecular weight is 379 g/mol. The van der Waals surface area contributed by atoms with Gasteiger partial charge in [-0.2, -0.15) is 0 Å². The molecule has 1 heterocycles. The lowest BCUT2D eigenvalue weighted by molar-refractivity contribution is -0.129. The third-order valence-corrected chi connectivity index (χ3v) is 5.33. The molecular weight excluding hydrogens is 354 g/mol. The Morgan fingerprint density at radius 1 is 0.964 bits per heavy atom. The summed E-state index contributed by atoms with van der Waals surface area (Å²) in [4.78, 5) is 24.7. The number of para-hydroxylation sites is 1. The first-order valence-corrected chi connectivity index (χ1v) is 9.86. The van der Waals surface area contributed by atoms with Gasteiger partial charge in [0, 0.05) is 17.8 Å². The predicted molar refractivity (Wildman–Crippen MR) is 107 cm³/mol. The molecule has 3 atom stereocenters. The van der Waals surface area contributed by atoms with E-state index in [9.17, 15) is 9.59 Å². The van der Waals surface area contributed by atoms with Crippen molar-refractivity contribution in [2.45, 2.75) is 50.2 Å². The summed E-state index contributed by atoms with van der Waals surface area (Å²) in [6.07, 6.45) is 4.50. The van der Waals surface area contributed by atoms with Crippen LogP contribution in [0, 0.1) is 0 Å². The minimum absolute atomic E-state index is 0.0788. The molecule has 0 unspecified atom stereocenters. The summed E-state index contributed by atoms with van der Waals surface area (Å²) in [5, 5.41) is 9.29. The van der Waals surface area contributed by atoms with Gasteiger partial charge in [0.2, 0.25) is 11.8 Å². The van der Waals surface area contributed by atoms with Crippen LogP contribution in [-0.4, -0.2) is 29.9 Å². The summed E-state index contributed by atoms with van der Waals surface area (Å²) in [5.41, 5.74) is 0.678. The van der Waals surface area contributed by atoms with Gasteiger partial charge in [-0.3, -0.25) is 9.59 Å². The minimum Gasteiger partial charge on any atom is -0.457 e. The lowest BCUT2D eigenvalue weighted by Crippen LogP contribution is -2.65. The number of carbonyl (C=O) groups excluding carboxylic acids is 2. The summed E-state index contributed by atoms with van der Waals surface area (Å²) in [7, 11) is 0. The molecule has 0 spiro atoms. The highest BCUT2D eigenvalue weighted by molar-refractivity contribution is 5.95. The van der Waals surface area contributed by atoms with Crippen LogP contribution in [0.5, 0.6) is 11.5 Å². The van der Waals surface area contributed by atoms with E-state index in [-0.39, 0.29) is 30.3 Å². The Morgan fingerprint density at radius 2 is 1.64 bits per heavy atom. The van der Waals surface area contributed by atoms with E-state index in [4.69, 9.17) is 4.74 Å². The molecule has 2 fully saturated rings. The molecule has 6 nitrogen and oxygen atoms in total. The third kappa shape index (κ3) is 4.51. The van der Waals surface area contributed by atoms with Crippen molar-refractivity contribution in [3.63, 3.8) is 0 Å². The molecule has 2 aromatic carbocycles. The van der Waals surface area contributed by atoms with Crippen LogP contribution in [0.15, 0.2) is 54.6 Å². The number of nitrogens with one attached hydrogen (secondary N) is 3. The lowest BCUT2D eigenvalue weighted by atomic mass is 9.87. The van der Waals surface area contributed by atoms with Crippen LogP contribution < -0.4 is 20.7 Å². The number of amides is 2. The van der Waals surface area contributed by atoms with Crippen LogP contribution in [0.1, 0.15) is 32.1 Å². The average Bonchev–Trinajstić information content (AvgIpc) is 2.71. The van der Waals surface area contributed by atoms with Crippen molar-refractivity contribution in [3.05, 3.63) is 54.6 Å². The van der Waals surface area contributed by atoms with Crippen LogP contribution in [0.3, 0.4) is 0 Å². The molecule has 1 saturated carbocycles. The number of benzene rings is 2. The van der Waals surface area contributed by atoms with Crippen LogP contribution >= 0.6 is 0 Å². The van der Waals surface area contributed by atoms with E-state index in [2.05, 4.69) is 16.0 Å². The number of hydrogen-bond acceptors (Lipinski definition) is 4. The number of fused-ring (bicyclic) bond motifs is 1. The number of anilines is 1. The fraction of sp³-hybridized carbons (Fsp3) is 0.364. The zero-order valence-electron chi connectivity index (χ0n) is 15.7. The van der Waals surface area contributed by atoms with Gasteiger partial charge in [-0.15, -0.1) is 0 Å². The second-order valence-electron chi connectivity index (χ2n) is 7.42. The number of hydrogen-bond donors (Lipinski definition) is 3. The van der Waals surface area contributed by atoms with Gasteiger partial charge in [-0.05, 0) is 49.2 Å². The zero-order chi connectivity index (χ0) is 19.3. The van der Waals surface area contributed by atoms with Crippen molar-refractivity contribution in [1.29, 1.82) is 0 Å². The highest BCUT2D eigenvalue weighted by Crippen LogP contribution is 2.24. The molecule has 0 bridgehead atoms. The first-order chi connectivity index (χ1) is 13.7. The smallest absolute Gasteiger partial charge is 0.237 e. The Balaban J connectivity index is 1.30. The van der Waals surface area contributed by atoms with Crippen LogP contribution in [-0.2, 0) is 9.59 Å². The zero-order valence-corrected chi connectivity index (χ0v) is 15.7. The molecule has 4 rings (SSSR count). The molecule has 1 aliphatic heterocycles. The van der Waals surface area contributed by atoms with Gasteiger partial charge in [0.1, 0.15) is 11.5 Å². The molecule has 1 saturated heterocycles. The largest absolute Gasteiger partial charge is 0.457 e. The van der Waals surface area contributed by atoms with E-state index in [0.717, 1.165) is 25.0 Å². The summed E-state index contributed by atoms with van der Waals surface area (Å²) < 4.78 is 5.75. The third-order valence-electron chi connectivity index (χ3n) is 5.33. The molecule has 0 aromatic heterocycles. The fourth-order valence-corrected chi connectivity index (χ4v) is 3.90. The normalized spacial score (nSPS) is 24.0. The van der Waals surface area contributed by atoms with Crippen molar-refractivity contribution < 1.29 is 14.3 Å². The number of rotatable bonds is 5. The second-order valence-corrected chi connectivity index (χ2v) is 7.42. The Kier molecular flexibility index (Phi) is 5.58. The van der Waals surface area contributed by atoms with Gasteiger partial charge in [-0.25, -0.2) is 0 Å². The maximum absolute atomic E-state index is 12.4. The quantitative estimate of drug-likeness (QED) is 0.745. The van der Waals surface area contributed by atoms with Gasteiger partial charge in [0.15, 0.2) is 0 Å². The minimum atomic E-state index is -0.472. The van der Waals surface area contributed by atoms with E-state index < -0.39 is 6.04 Å². The summed E-state index contributed by atoms with van der Waals surface area (Å²) in [6.45, 7) is 0. The highest BCUT2D eigenvalue weighted by atomic mass is 16.5. The molecular formula is C22H25N3O3. The van der Waals surface area contributed by atoms with Crippen LogP contribution in [0.25, 0.3) is 0 Å². The van der Waals surface area contributed by atoms with Gasteiger partial charge >= 0.3 is 0 Å². The first-order valence-electron chi connectivity index (χ1n) is 9.86. The van der Waals surface area contributed by atoms with Gasteiger partial charge in [-0.1, -0.05) is 31.0 Å². The number of carbonyl (C=O) groups is 2. The Morgan fingerprint density at radius 3 is 2.39 bits per heavy atom. The summed E-state index contributed by atoms with van der Waals surface area (Å²) in [6, 6.07) is 16.7. The number of ether oxygens (including phenoxy) is 1. The molecule has 0 radical (unpaired) electrons. The van der Waals surface area contributed by atoms with Crippen molar-refractivity contribution in [2.75, 3.05) is 5.32 Å². The molecule has 1 aliphatic carbocycles. The summed E-state index contributed by atoms with van der Waals surface area (Å²) in [5.74, 6) is 1.19. The Labute approximate surface area is 164 Å². The molecule has 146 valence electrons. The van der Waals surface area contributed by atoms with Crippen molar-refractivity contribution in [1.82, 2.24) is 10.6 Å². The van der Waals surface area contributed by atoms with E-state index >= 15 is 0 Å². The van der Waals surface area contributed by atoms with Crippen molar-refractivity contribution >= 4 is 17.5 Å². The van der Waals surface area contributed by atoms with Crippen LogP contribution in [0.2, 0.25) is 0 Å². The van der Waals surface area contributed by atoms with Crippen molar-refractivity contribution in [3.8, 4) is 11.5 Å². The monoisotopic (exact) mass is 379 g/mol. The molecule has 6 heteroatoms. The van der Waals surface area contributed by atoms with Gasteiger partial charge in [0.25, 0.3) is 0 Å². The fourth-order valence-electron chi connectivity index (χ4n) is 3.90. The van der Waals surface area contributed by atoms with E-state index in [1.165, 1.54) is 6.42 Å². The second kappa shape index (κ2) is 8.44. The predicted octanol–water partition coefficient (Wildman–Crippen LogP) is 3.21. The molecule has 28 heavy (non-hydrogen) atoms. The molecule has 3 N–H and O–H groups in total. The van der Waals surface area contributed by atoms with E-state index in [0.29, 0.717) is 11.4 Å². The standard InChI is InChI=1S/C22H25N3O3/c26-21(14-20-22(27)25-19-9-5-4-8-18(19)24-20)23-15-10-12-17(13-11-15)28-16-6-2-1-3-7-16/h1-3,6-7,10-13,18-20,24H,4-5,8-9,14H2,(H,23,26)(H,25,27)/t18-,19-,20+/m0/s1. The highest BCUT2D eigenvalue weighted by Gasteiger charge is 2.36. The Bertz CT molecular complexity index is 823. The first kappa shape index (κ1) is 18.5. The Hall–Kier alpha value is -2.86.